The van der Waals surface area contributed by atoms with Gasteiger partial charge in [-0.3, -0.25) is 0 Å². The standard InChI is InChI=1S/C13H13BrClNO/c1-16-11(12-6-7-13(14)17-12)8-9-2-4-10(15)5-3-9/h2-7,11,16H,8H2,1H3. The van der Waals surface area contributed by atoms with Gasteiger partial charge in [0.2, 0.25) is 0 Å². The molecule has 1 heterocycles. The van der Waals surface area contributed by atoms with Crippen LogP contribution in [0.2, 0.25) is 5.02 Å². The first-order valence-corrected chi connectivity index (χ1v) is 6.53. The minimum atomic E-state index is 0.169. The van der Waals surface area contributed by atoms with Crippen molar-refractivity contribution in [2.75, 3.05) is 7.05 Å². The summed E-state index contributed by atoms with van der Waals surface area (Å²) < 4.78 is 6.31. The van der Waals surface area contributed by atoms with E-state index in [0.717, 1.165) is 21.9 Å². The Morgan fingerprint density at radius 3 is 2.47 bits per heavy atom. The highest BCUT2D eigenvalue weighted by Gasteiger charge is 2.13. The number of benzene rings is 1. The number of rotatable bonds is 4. The van der Waals surface area contributed by atoms with Crippen molar-refractivity contribution < 1.29 is 4.42 Å². The molecule has 17 heavy (non-hydrogen) atoms. The van der Waals surface area contributed by atoms with Gasteiger partial charge in [-0.15, -0.1) is 0 Å². The molecule has 1 aromatic heterocycles. The van der Waals surface area contributed by atoms with Crippen LogP contribution in [0.4, 0.5) is 0 Å². The van der Waals surface area contributed by atoms with Crippen LogP contribution in [-0.4, -0.2) is 7.05 Å². The van der Waals surface area contributed by atoms with E-state index in [2.05, 4.69) is 21.2 Å². The highest BCUT2D eigenvalue weighted by Crippen LogP contribution is 2.23. The van der Waals surface area contributed by atoms with Gasteiger partial charge in [-0.2, -0.15) is 0 Å². The lowest BCUT2D eigenvalue weighted by atomic mass is 10.0. The summed E-state index contributed by atoms with van der Waals surface area (Å²) in [6.07, 6.45) is 0.869. The average Bonchev–Trinajstić information content (AvgIpc) is 2.75. The van der Waals surface area contributed by atoms with E-state index in [1.165, 1.54) is 5.56 Å². The third kappa shape index (κ3) is 3.35. The smallest absolute Gasteiger partial charge is 0.169 e. The largest absolute Gasteiger partial charge is 0.453 e. The summed E-state index contributed by atoms with van der Waals surface area (Å²) in [5, 5.41) is 4.01. The highest BCUT2D eigenvalue weighted by atomic mass is 79.9. The third-order valence-corrected chi connectivity index (χ3v) is 3.32. The van der Waals surface area contributed by atoms with Crippen molar-refractivity contribution in [2.45, 2.75) is 12.5 Å². The summed E-state index contributed by atoms with van der Waals surface area (Å²) in [6, 6.07) is 11.9. The first-order valence-electron chi connectivity index (χ1n) is 5.36. The molecule has 0 radical (unpaired) electrons. The Balaban J connectivity index is 2.12. The van der Waals surface area contributed by atoms with E-state index < -0.39 is 0 Å². The Morgan fingerprint density at radius 2 is 1.94 bits per heavy atom. The summed E-state index contributed by atoms with van der Waals surface area (Å²) in [5.41, 5.74) is 1.22. The average molecular weight is 315 g/mol. The Morgan fingerprint density at radius 1 is 1.24 bits per heavy atom. The second kappa shape index (κ2) is 5.71. The van der Waals surface area contributed by atoms with Crippen molar-refractivity contribution >= 4 is 27.5 Å². The Hall–Kier alpha value is -0.770. The fourth-order valence-electron chi connectivity index (χ4n) is 1.72. The van der Waals surface area contributed by atoms with Gasteiger partial charge in [0.1, 0.15) is 5.76 Å². The zero-order valence-electron chi connectivity index (χ0n) is 9.41. The predicted molar refractivity (Wildman–Crippen MR) is 73.4 cm³/mol. The minimum Gasteiger partial charge on any atom is -0.453 e. The summed E-state index contributed by atoms with van der Waals surface area (Å²) in [6.45, 7) is 0. The van der Waals surface area contributed by atoms with Crippen LogP contribution in [0.1, 0.15) is 17.4 Å². The highest BCUT2D eigenvalue weighted by molar-refractivity contribution is 9.10. The van der Waals surface area contributed by atoms with Crippen LogP contribution in [-0.2, 0) is 6.42 Å². The van der Waals surface area contributed by atoms with Crippen molar-refractivity contribution in [3.8, 4) is 0 Å². The van der Waals surface area contributed by atoms with Crippen LogP contribution in [0.5, 0.6) is 0 Å². The van der Waals surface area contributed by atoms with Gasteiger partial charge in [-0.05, 0) is 59.2 Å². The van der Waals surface area contributed by atoms with Gasteiger partial charge >= 0.3 is 0 Å². The van der Waals surface area contributed by atoms with E-state index in [4.69, 9.17) is 16.0 Å². The van der Waals surface area contributed by atoms with Crippen LogP contribution in [0, 0.1) is 0 Å². The molecule has 1 atom stereocenters. The molecular weight excluding hydrogens is 302 g/mol. The van der Waals surface area contributed by atoms with Gasteiger partial charge in [0.05, 0.1) is 6.04 Å². The zero-order valence-corrected chi connectivity index (χ0v) is 11.8. The second-order valence-electron chi connectivity index (χ2n) is 3.81. The number of likely N-dealkylation sites (N-methyl/N-ethyl adjacent to an activating group) is 1. The molecule has 1 aromatic carbocycles. The normalized spacial score (nSPS) is 12.6. The first-order chi connectivity index (χ1) is 8.19. The number of hydrogen-bond acceptors (Lipinski definition) is 2. The Kier molecular flexibility index (Phi) is 4.26. The van der Waals surface area contributed by atoms with Gasteiger partial charge in [0.25, 0.3) is 0 Å². The van der Waals surface area contributed by atoms with Gasteiger partial charge in [-0.1, -0.05) is 23.7 Å². The second-order valence-corrected chi connectivity index (χ2v) is 5.03. The molecule has 1 unspecified atom stereocenters. The van der Waals surface area contributed by atoms with Gasteiger partial charge in [-0.25, -0.2) is 0 Å². The molecule has 2 nitrogen and oxygen atoms in total. The predicted octanol–water partition coefficient (Wildman–Crippen LogP) is 4.20. The molecule has 0 saturated heterocycles. The maximum atomic E-state index is 5.86. The van der Waals surface area contributed by atoms with Crippen molar-refractivity contribution in [3.63, 3.8) is 0 Å². The molecule has 2 aromatic rings. The maximum Gasteiger partial charge on any atom is 0.169 e. The van der Waals surface area contributed by atoms with Crippen LogP contribution >= 0.6 is 27.5 Å². The third-order valence-electron chi connectivity index (χ3n) is 2.64. The van der Waals surface area contributed by atoms with E-state index in [0.29, 0.717) is 0 Å². The quantitative estimate of drug-likeness (QED) is 0.915. The minimum absolute atomic E-state index is 0.169. The number of furan rings is 1. The molecule has 2 rings (SSSR count). The van der Waals surface area contributed by atoms with Gasteiger partial charge in [0.15, 0.2) is 4.67 Å². The van der Waals surface area contributed by atoms with Crippen molar-refractivity contribution in [2.24, 2.45) is 0 Å². The molecule has 0 aliphatic carbocycles. The molecule has 0 saturated carbocycles. The fraction of sp³-hybridized carbons (Fsp3) is 0.231. The first kappa shape index (κ1) is 12.7. The molecule has 0 aliphatic rings. The van der Waals surface area contributed by atoms with Crippen LogP contribution in [0.15, 0.2) is 45.5 Å². The van der Waals surface area contributed by atoms with Crippen LogP contribution < -0.4 is 5.32 Å². The fourth-order valence-corrected chi connectivity index (χ4v) is 2.16. The Labute approximate surface area is 114 Å². The summed E-state index contributed by atoms with van der Waals surface area (Å²) in [4.78, 5) is 0. The molecule has 0 aliphatic heterocycles. The summed E-state index contributed by atoms with van der Waals surface area (Å²) >= 11 is 9.17. The van der Waals surface area contributed by atoms with Gasteiger partial charge in [0, 0.05) is 5.02 Å². The lowest BCUT2D eigenvalue weighted by Crippen LogP contribution is -2.18. The summed E-state index contributed by atoms with van der Waals surface area (Å²) in [5.74, 6) is 0.925. The van der Waals surface area contributed by atoms with Crippen molar-refractivity contribution in [1.82, 2.24) is 5.32 Å². The monoisotopic (exact) mass is 313 g/mol. The van der Waals surface area contributed by atoms with E-state index >= 15 is 0 Å². The lowest BCUT2D eigenvalue weighted by molar-refractivity contribution is 0.417. The van der Waals surface area contributed by atoms with Crippen LogP contribution in [0.3, 0.4) is 0 Å². The van der Waals surface area contributed by atoms with E-state index in [1.807, 2.05) is 43.4 Å². The van der Waals surface area contributed by atoms with E-state index in [1.54, 1.807) is 0 Å². The number of halogens is 2. The van der Waals surface area contributed by atoms with Crippen LogP contribution in [0.25, 0.3) is 0 Å². The molecule has 0 spiro atoms. The maximum absolute atomic E-state index is 5.86. The van der Waals surface area contributed by atoms with E-state index in [9.17, 15) is 0 Å². The Bertz CT molecular complexity index is 480. The van der Waals surface area contributed by atoms with E-state index in [-0.39, 0.29) is 6.04 Å². The SMILES string of the molecule is CNC(Cc1ccc(Cl)cc1)c1ccc(Br)o1. The molecule has 0 amide bonds. The molecule has 4 heteroatoms. The number of nitrogens with one attached hydrogen (secondary N) is 1. The molecule has 90 valence electrons. The molecule has 0 bridgehead atoms. The molecular formula is C13H13BrClNO. The summed E-state index contributed by atoms with van der Waals surface area (Å²) in [7, 11) is 1.93. The zero-order chi connectivity index (χ0) is 12.3. The lowest BCUT2D eigenvalue weighted by Gasteiger charge is -2.13. The van der Waals surface area contributed by atoms with Crippen molar-refractivity contribution in [1.29, 1.82) is 0 Å². The molecule has 0 fully saturated rings. The number of hydrogen-bond donors (Lipinski definition) is 1. The topological polar surface area (TPSA) is 25.2 Å². The molecule has 1 N–H and O–H groups in total. The van der Waals surface area contributed by atoms with Crippen molar-refractivity contribution in [3.05, 3.63) is 57.4 Å². The van der Waals surface area contributed by atoms with Gasteiger partial charge < -0.3 is 9.73 Å².